The van der Waals surface area contributed by atoms with Gasteiger partial charge in [-0.3, -0.25) is 14.7 Å². The van der Waals surface area contributed by atoms with Crippen LogP contribution in [-0.4, -0.2) is 22.1 Å². The highest BCUT2D eigenvalue weighted by atomic mass is 19.3. The number of ether oxygens (including phenoxy) is 1. The summed E-state index contributed by atoms with van der Waals surface area (Å²) in [6.45, 7) is 1.09. The summed E-state index contributed by atoms with van der Waals surface area (Å²) in [5.74, 6) is -2.48. The Bertz CT molecular complexity index is 796. The van der Waals surface area contributed by atoms with Crippen LogP contribution in [0.1, 0.15) is 24.2 Å². The molecule has 0 unspecified atom stereocenters. The molecular weight excluding hydrogens is 325 g/mol. The summed E-state index contributed by atoms with van der Waals surface area (Å²) >= 11 is 0. The monoisotopic (exact) mass is 338 g/mol. The number of carbonyl (C=O) groups excluding carboxylic acids is 1. The molecule has 24 heavy (non-hydrogen) atoms. The first kappa shape index (κ1) is 16.3. The summed E-state index contributed by atoms with van der Waals surface area (Å²) in [5, 5.41) is 9.74. The lowest BCUT2D eigenvalue weighted by Gasteiger charge is -2.34. The predicted octanol–water partition coefficient (Wildman–Crippen LogP) is 2.79. The van der Waals surface area contributed by atoms with Gasteiger partial charge in [0, 0.05) is 11.8 Å². The third-order valence-corrected chi connectivity index (χ3v) is 3.59. The number of aliphatic hydroxyl groups is 1. The molecule has 0 bridgehead atoms. The van der Waals surface area contributed by atoms with Gasteiger partial charge in [-0.05, 0) is 24.6 Å². The van der Waals surface area contributed by atoms with Crippen molar-refractivity contribution in [3.8, 4) is 5.75 Å². The van der Waals surface area contributed by atoms with Crippen LogP contribution in [-0.2, 0) is 11.3 Å². The van der Waals surface area contributed by atoms with E-state index in [0.717, 1.165) is 17.2 Å². The number of nitrogens with zero attached hydrogens (tertiary/aromatic N) is 2. The molecule has 0 radical (unpaired) electrons. The van der Waals surface area contributed by atoms with E-state index in [1.165, 1.54) is 31.3 Å². The number of aliphatic hydroxyl groups excluding tert-OH is 1. The Balaban J connectivity index is 2.09. The van der Waals surface area contributed by atoms with Crippen molar-refractivity contribution in [3.05, 3.63) is 53.6 Å². The quantitative estimate of drug-likeness (QED) is 0.935. The fraction of sp³-hybridized carbons (Fsp3) is 0.250. The first-order chi connectivity index (χ1) is 11.3. The van der Waals surface area contributed by atoms with E-state index in [0.29, 0.717) is 0 Å². The summed E-state index contributed by atoms with van der Waals surface area (Å²) in [6, 6.07) is 5.46. The molecule has 2 aromatic rings. The van der Waals surface area contributed by atoms with E-state index in [9.17, 15) is 23.1 Å². The number of alkyl halides is 2. The molecule has 1 aromatic heterocycles. The number of aromatic nitrogens is 1. The summed E-state index contributed by atoms with van der Waals surface area (Å²) in [4.78, 5) is 16.5. The maximum Gasteiger partial charge on any atom is 0.483 e. The molecule has 2 heterocycles. The van der Waals surface area contributed by atoms with Crippen LogP contribution in [0.3, 0.4) is 0 Å². The third-order valence-electron chi connectivity index (χ3n) is 3.59. The molecule has 5 nitrogen and oxygen atoms in total. The van der Waals surface area contributed by atoms with Crippen molar-refractivity contribution in [1.29, 1.82) is 0 Å². The van der Waals surface area contributed by atoms with Crippen LogP contribution in [0.5, 0.6) is 5.75 Å². The van der Waals surface area contributed by atoms with Crippen LogP contribution in [0.15, 0.2) is 36.7 Å². The van der Waals surface area contributed by atoms with Gasteiger partial charge in [0.1, 0.15) is 5.82 Å². The molecular formula is C16H13F3N2O3. The Morgan fingerprint density at radius 2 is 2.12 bits per heavy atom. The van der Waals surface area contributed by atoms with Crippen LogP contribution in [0.2, 0.25) is 0 Å². The number of anilines is 1. The van der Waals surface area contributed by atoms with Crippen LogP contribution in [0.25, 0.3) is 0 Å². The van der Waals surface area contributed by atoms with Gasteiger partial charge >= 0.3 is 12.0 Å². The van der Waals surface area contributed by atoms with Crippen molar-refractivity contribution in [2.75, 3.05) is 4.90 Å². The summed E-state index contributed by atoms with van der Waals surface area (Å²) in [5.41, 5.74) is 0.449. The lowest BCUT2D eigenvalue weighted by molar-refractivity contribution is -0.193. The van der Waals surface area contributed by atoms with E-state index in [4.69, 9.17) is 0 Å². The van der Waals surface area contributed by atoms with E-state index >= 15 is 0 Å². The summed E-state index contributed by atoms with van der Waals surface area (Å²) < 4.78 is 45.7. The number of halogens is 3. The van der Waals surface area contributed by atoms with Crippen molar-refractivity contribution < 1.29 is 27.8 Å². The second kappa shape index (κ2) is 5.79. The number of hydrogen-bond acceptors (Lipinski definition) is 4. The highest BCUT2D eigenvalue weighted by molar-refractivity contribution is 6.01. The van der Waals surface area contributed by atoms with Gasteiger partial charge in [-0.2, -0.15) is 8.78 Å². The van der Waals surface area contributed by atoms with Crippen molar-refractivity contribution >= 4 is 11.6 Å². The maximum atomic E-state index is 14.0. The van der Waals surface area contributed by atoms with Gasteiger partial charge in [-0.1, -0.05) is 12.1 Å². The van der Waals surface area contributed by atoms with Gasteiger partial charge in [0.05, 0.1) is 24.5 Å². The molecule has 1 aliphatic heterocycles. The Morgan fingerprint density at radius 1 is 1.38 bits per heavy atom. The fourth-order valence-electron chi connectivity index (χ4n) is 2.52. The lowest BCUT2D eigenvalue weighted by Crippen LogP contribution is -2.50. The largest absolute Gasteiger partial charge is 0.483 e. The topological polar surface area (TPSA) is 62.7 Å². The molecule has 0 saturated carbocycles. The smallest absolute Gasteiger partial charge is 0.423 e. The number of rotatable bonds is 3. The van der Waals surface area contributed by atoms with E-state index < -0.39 is 23.9 Å². The van der Waals surface area contributed by atoms with Gasteiger partial charge in [-0.15, -0.1) is 0 Å². The number of fused-ring (bicyclic) bond motifs is 1. The van der Waals surface area contributed by atoms with Crippen LogP contribution in [0.4, 0.5) is 18.9 Å². The first-order valence-electron chi connectivity index (χ1n) is 7.09. The standard InChI is InChI=1S/C16H13F3N2O3/c1-9(22)12-3-2-4-13-14(12)24-16(18,19)15(23)21(13)8-10-5-11(17)7-20-6-10/h2-7,9,22H,8H2,1H3/t9-/m1/s1. The normalized spacial score (nSPS) is 17.2. The molecule has 0 aliphatic carbocycles. The van der Waals surface area contributed by atoms with Crippen molar-refractivity contribution in [2.24, 2.45) is 0 Å². The molecule has 1 aliphatic rings. The minimum atomic E-state index is -4.08. The van der Waals surface area contributed by atoms with Crippen LogP contribution >= 0.6 is 0 Å². The van der Waals surface area contributed by atoms with E-state index in [1.807, 2.05) is 0 Å². The second-order valence-electron chi connectivity index (χ2n) is 5.39. The highest BCUT2D eigenvalue weighted by Crippen LogP contribution is 2.44. The SMILES string of the molecule is C[C@@H](O)c1cccc2c1OC(F)(F)C(=O)N2Cc1cncc(F)c1. The summed E-state index contributed by atoms with van der Waals surface area (Å²) in [7, 11) is 0. The predicted molar refractivity (Wildman–Crippen MR) is 78.0 cm³/mol. The zero-order valence-corrected chi connectivity index (χ0v) is 12.5. The molecule has 1 N–H and O–H groups in total. The fourth-order valence-corrected chi connectivity index (χ4v) is 2.52. The second-order valence-corrected chi connectivity index (χ2v) is 5.39. The Kier molecular flexibility index (Phi) is 3.92. The molecule has 0 saturated heterocycles. The molecule has 1 amide bonds. The zero-order chi connectivity index (χ0) is 17.5. The maximum absolute atomic E-state index is 14.0. The number of hydrogen-bond donors (Lipinski definition) is 1. The minimum absolute atomic E-state index is 0.0774. The third kappa shape index (κ3) is 2.80. The van der Waals surface area contributed by atoms with Crippen LogP contribution < -0.4 is 9.64 Å². The zero-order valence-electron chi connectivity index (χ0n) is 12.5. The van der Waals surface area contributed by atoms with Gasteiger partial charge in [-0.25, -0.2) is 4.39 Å². The van der Waals surface area contributed by atoms with E-state index in [2.05, 4.69) is 9.72 Å². The number of benzene rings is 1. The Morgan fingerprint density at radius 3 is 2.79 bits per heavy atom. The van der Waals surface area contributed by atoms with Gasteiger partial charge in [0.25, 0.3) is 0 Å². The van der Waals surface area contributed by atoms with Crippen molar-refractivity contribution in [3.63, 3.8) is 0 Å². The Labute approximate surface area is 135 Å². The molecule has 0 spiro atoms. The molecule has 0 fully saturated rings. The lowest BCUT2D eigenvalue weighted by atomic mass is 10.1. The number of carbonyl (C=O) groups is 1. The molecule has 1 aromatic carbocycles. The minimum Gasteiger partial charge on any atom is -0.423 e. The first-order valence-corrected chi connectivity index (χ1v) is 7.09. The van der Waals surface area contributed by atoms with Gasteiger partial charge in [0.15, 0.2) is 5.75 Å². The molecule has 8 heteroatoms. The number of amides is 1. The molecule has 3 rings (SSSR count). The summed E-state index contributed by atoms with van der Waals surface area (Å²) in [6.07, 6.45) is -2.90. The highest BCUT2D eigenvalue weighted by Gasteiger charge is 2.51. The van der Waals surface area contributed by atoms with Gasteiger partial charge < -0.3 is 9.84 Å². The molecule has 126 valence electrons. The Hall–Kier alpha value is -2.61. The molecule has 1 atom stereocenters. The average Bonchev–Trinajstić information content (AvgIpc) is 2.51. The van der Waals surface area contributed by atoms with Crippen molar-refractivity contribution in [1.82, 2.24) is 4.98 Å². The van der Waals surface area contributed by atoms with E-state index in [1.54, 1.807) is 0 Å². The number of pyridine rings is 1. The number of para-hydroxylation sites is 1. The van der Waals surface area contributed by atoms with Crippen LogP contribution in [0, 0.1) is 5.82 Å². The van der Waals surface area contributed by atoms with E-state index in [-0.39, 0.29) is 29.1 Å². The van der Waals surface area contributed by atoms with Crippen molar-refractivity contribution in [2.45, 2.75) is 25.7 Å². The van der Waals surface area contributed by atoms with Gasteiger partial charge in [0.2, 0.25) is 0 Å². The average molecular weight is 338 g/mol.